The predicted molar refractivity (Wildman–Crippen MR) is 114 cm³/mol. The molecule has 0 radical (unpaired) electrons. The van der Waals surface area contributed by atoms with Gasteiger partial charge >= 0.3 is 5.97 Å². The standard InChI is InChI=1S/C21H18ClNO6S/c1-12(20(25)26)29-16-8-7-13(9-17(16)28-2)10-18-19(24)23(21(27)30-18)11-14-5-3-4-6-15(14)22/h3-10,12H,11H2,1-2H3,(H,25,26)/b18-10-/t12-/m1/s1. The molecule has 1 saturated heterocycles. The minimum atomic E-state index is -1.10. The van der Waals surface area contributed by atoms with Gasteiger partial charge in [0.2, 0.25) is 0 Å². The molecule has 0 aliphatic carbocycles. The Morgan fingerprint density at radius 3 is 2.63 bits per heavy atom. The van der Waals surface area contributed by atoms with Crippen LogP contribution in [0.4, 0.5) is 4.79 Å². The Morgan fingerprint density at radius 1 is 1.23 bits per heavy atom. The quantitative estimate of drug-likeness (QED) is 0.627. The molecule has 7 nitrogen and oxygen atoms in total. The van der Waals surface area contributed by atoms with Gasteiger partial charge in [0, 0.05) is 5.02 Å². The van der Waals surface area contributed by atoms with Crippen molar-refractivity contribution in [3.63, 3.8) is 0 Å². The predicted octanol–water partition coefficient (Wildman–Crippen LogP) is 4.44. The zero-order valence-electron chi connectivity index (χ0n) is 16.1. The number of hydrogen-bond donors (Lipinski definition) is 1. The molecule has 30 heavy (non-hydrogen) atoms. The van der Waals surface area contributed by atoms with Crippen LogP contribution in [0.3, 0.4) is 0 Å². The summed E-state index contributed by atoms with van der Waals surface area (Å²) in [6, 6.07) is 11.8. The fourth-order valence-electron chi connectivity index (χ4n) is 2.70. The molecule has 0 aromatic heterocycles. The highest BCUT2D eigenvalue weighted by Gasteiger charge is 2.35. The average molecular weight is 448 g/mol. The lowest BCUT2D eigenvalue weighted by molar-refractivity contribution is -0.144. The Morgan fingerprint density at radius 2 is 1.97 bits per heavy atom. The molecule has 1 atom stereocenters. The average Bonchev–Trinajstić information content (AvgIpc) is 2.97. The Bertz CT molecular complexity index is 1040. The minimum Gasteiger partial charge on any atom is -0.493 e. The van der Waals surface area contributed by atoms with E-state index >= 15 is 0 Å². The number of benzene rings is 2. The molecule has 156 valence electrons. The number of amides is 2. The largest absolute Gasteiger partial charge is 0.493 e. The first-order valence-corrected chi connectivity index (χ1v) is 10.1. The van der Waals surface area contributed by atoms with Crippen molar-refractivity contribution in [3.05, 3.63) is 63.5 Å². The van der Waals surface area contributed by atoms with E-state index in [1.165, 1.54) is 14.0 Å². The van der Waals surface area contributed by atoms with Crippen LogP contribution in [0, 0.1) is 0 Å². The van der Waals surface area contributed by atoms with Crippen LogP contribution in [0.2, 0.25) is 5.02 Å². The van der Waals surface area contributed by atoms with Crippen molar-refractivity contribution in [2.24, 2.45) is 0 Å². The van der Waals surface area contributed by atoms with Gasteiger partial charge in [-0.3, -0.25) is 14.5 Å². The van der Waals surface area contributed by atoms with Gasteiger partial charge in [0.05, 0.1) is 18.6 Å². The zero-order valence-corrected chi connectivity index (χ0v) is 17.7. The van der Waals surface area contributed by atoms with Crippen molar-refractivity contribution in [1.82, 2.24) is 4.90 Å². The second-order valence-electron chi connectivity index (χ2n) is 6.37. The van der Waals surface area contributed by atoms with E-state index in [4.69, 9.17) is 26.2 Å². The number of methoxy groups -OCH3 is 1. The number of thioether (sulfide) groups is 1. The van der Waals surface area contributed by atoms with Gasteiger partial charge in [-0.15, -0.1) is 0 Å². The van der Waals surface area contributed by atoms with Crippen LogP contribution in [0.15, 0.2) is 47.4 Å². The first kappa shape index (κ1) is 21.7. The number of nitrogens with zero attached hydrogens (tertiary/aromatic N) is 1. The van der Waals surface area contributed by atoms with Crippen molar-refractivity contribution in [1.29, 1.82) is 0 Å². The van der Waals surface area contributed by atoms with Crippen LogP contribution in [0.25, 0.3) is 6.08 Å². The molecule has 9 heteroatoms. The van der Waals surface area contributed by atoms with Crippen LogP contribution >= 0.6 is 23.4 Å². The number of imide groups is 1. The molecular formula is C21H18ClNO6S. The molecule has 0 spiro atoms. The topological polar surface area (TPSA) is 93.1 Å². The number of carboxylic acid groups (broad SMARTS) is 1. The van der Waals surface area contributed by atoms with E-state index in [0.717, 1.165) is 16.7 Å². The number of carboxylic acids is 1. The third-order valence-corrected chi connectivity index (χ3v) is 5.57. The van der Waals surface area contributed by atoms with Crippen LogP contribution in [-0.4, -0.2) is 40.3 Å². The second-order valence-corrected chi connectivity index (χ2v) is 7.77. The summed E-state index contributed by atoms with van der Waals surface area (Å²) in [5.41, 5.74) is 1.28. The highest BCUT2D eigenvalue weighted by Crippen LogP contribution is 2.36. The number of rotatable bonds is 7. The summed E-state index contributed by atoms with van der Waals surface area (Å²) in [5.74, 6) is -0.944. The molecule has 1 fully saturated rings. The van der Waals surface area contributed by atoms with E-state index in [1.54, 1.807) is 48.5 Å². The van der Waals surface area contributed by atoms with Crippen molar-refractivity contribution >= 4 is 46.6 Å². The number of hydrogen-bond acceptors (Lipinski definition) is 6. The molecule has 1 heterocycles. The van der Waals surface area contributed by atoms with Crippen molar-refractivity contribution < 1.29 is 29.0 Å². The summed E-state index contributed by atoms with van der Waals surface area (Å²) in [4.78, 5) is 37.5. The van der Waals surface area contributed by atoms with Crippen molar-refractivity contribution in [3.8, 4) is 11.5 Å². The number of ether oxygens (including phenoxy) is 2. The first-order chi connectivity index (χ1) is 14.3. The highest BCUT2D eigenvalue weighted by atomic mass is 35.5. The monoisotopic (exact) mass is 447 g/mol. The molecule has 2 amide bonds. The summed E-state index contributed by atoms with van der Waals surface area (Å²) in [6.07, 6.45) is 0.524. The maximum absolute atomic E-state index is 12.7. The number of halogens is 1. The molecule has 1 N–H and O–H groups in total. The van der Waals surface area contributed by atoms with Gasteiger partial charge in [0.1, 0.15) is 0 Å². The van der Waals surface area contributed by atoms with Crippen molar-refractivity contribution in [2.45, 2.75) is 19.6 Å². The fraction of sp³-hybridized carbons (Fsp3) is 0.190. The molecule has 2 aromatic rings. The van der Waals surface area contributed by atoms with Crippen LogP contribution in [-0.2, 0) is 16.1 Å². The lowest BCUT2D eigenvalue weighted by Crippen LogP contribution is -2.27. The van der Waals surface area contributed by atoms with Crippen LogP contribution in [0.5, 0.6) is 11.5 Å². The van der Waals surface area contributed by atoms with Crippen LogP contribution < -0.4 is 9.47 Å². The van der Waals surface area contributed by atoms with Gasteiger partial charge < -0.3 is 14.6 Å². The van der Waals surface area contributed by atoms with Gasteiger partial charge in [-0.05, 0) is 54.1 Å². The summed E-state index contributed by atoms with van der Waals surface area (Å²) >= 11 is 6.97. The Hall–Kier alpha value is -2.97. The fourth-order valence-corrected chi connectivity index (χ4v) is 3.73. The van der Waals surface area contributed by atoms with E-state index in [1.807, 2.05) is 0 Å². The van der Waals surface area contributed by atoms with Gasteiger partial charge in [0.15, 0.2) is 17.6 Å². The summed E-state index contributed by atoms with van der Waals surface area (Å²) < 4.78 is 10.6. The third kappa shape index (κ3) is 4.77. The Balaban J connectivity index is 1.81. The smallest absolute Gasteiger partial charge is 0.344 e. The molecular weight excluding hydrogens is 430 g/mol. The van der Waals surface area contributed by atoms with E-state index in [9.17, 15) is 14.4 Å². The van der Waals surface area contributed by atoms with Gasteiger partial charge in [-0.25, -0.2) is 4.79 Å². The summed E-state index contributed by atoms with van der Waals surface area (Å²) in [6.45, 7) is 1.50. The first-order valence-electron chi connectivity index (χ1n) is 8.86. The third-order valence-electron chi connectivity index (χ3n) is 4.30. The molecule has 0 unspecified atom stereocenters. The number of aliphatic carboxylic acids is 1. The lowest BCUT2D eigenvalue weighted by atomic mass is 10.1. The SMILES string of the molecule is COc1cc(/C=C2\SC(=O)N(Cc3ccccc3Cl)C2=O)ccc1O[C@H](C)C(=O)O. The molecule has 1 aliphatic rings. The van der Waals surface area contributed by atoms with Gasteiger partial charge in [-0.2, -0.15) is 0 Å². The summed E-state index contributed by atoms with van der Waals surface area (Å²) in [7, 11) is 1.43. The highest BCUT2D eigenvalue weighted by molar-refractivity contribution is 8.18. The Labute approximate surface area is 182 Å². The minimum absolute atomic E-state index is 0.0882. The van der Waals surface area contributed by atoms with Crippen molar-refractivity contribution in [2.75, 3.05) is 7.11 Å². The van der Waals surface area contributed by atoms with Gasteiger partial charge in [-0.1, -0.05) is 35.9 Å². The molecule has 1 aliphatic heterocycles. The lowest BCUT2D eigenvalue weighted by Gasteiger charge is -2.14. The second kappa shape index (κ2) is 9.23. The van der Waals surface area contributed by atoms with E-state index < -0.39 is 18.0 Å². The number of carbonyl (C=O) groups is 3. The van der Waals surface area contributed by atoms with E-state index in [-0.39, 0.29) is 22.4 Å². The molecule has 0 bridgehead atoms. The normalized spacial score (nSPS) is 16.1. The summed E-state index contributed by atoms with van der Waals surface area (Å²) in [5, 5.41) is 9.09. The maximum atomic E-state index is 12.7. The molecule has 0 saturated carbocycles. The van der Waals surface area contributed by atoms with E-state index in [0.29, 0.717) is 21.9 Å². The van der Waals surface area contributed by atoms with E-state index in [2.05, 4.69) is 0 Å². The molecule has 2 aromatic carbocycles. The maximum Gasteiger partial charge on any atom is 0.344 e. The molecule has 3 rings (SSSR count). The Kier molecular flexibility index (Phi) is 6.69. The van der Waals surface area contributed by atoms with Gasteiger partial charge in [0.25, 0.3) is 11.1 Å². The number of carbonyl (C=O) groups excluding carboxylic acids is 2. The zero-order chi connectivity index (χ0) is 21.8. The van der Waals surface area contributed by atoms with Crippen LogP contribution in [0.1, 0.15) is 18.1 Å².